The normalized spacial score (nSPS) is 11.1. The zero-order valence-electron chi connectivity index (χ0n) is 13.1. The lowest BCUT2D eigenvalue weighted by molar-refractivity contribution is 0.356. The molecule has 1 N–H and O–H groups in total. The smallest absolute Gasteiger partial charge is 0.00223 e. The van der Waals surface area contributed by atoms with Crippen LogP contribution in [0.4, 0.5) is 0 Å². The number of nitrogens with one attached hydrogen (secondary N) is 1. The first-order chi connectivity index (χ1) is 7.58. The molecule has 0 aromatic rings. The van der Waals surface area contributed by atoms with Crippen molar-refractivity contribution in [2.24, 2.45) is 5.92 Å². The van der Waals surface area contributed by atoms with Gasteiger partial charge in [-0.3, -0.25) is 0 Å². The Morgan fingerprint density at radius 3 is 1.62 bits per heavy atom. The van der Waals surface area contributed by atoms with Gasteiger partial charge in [-0.25, -0.2) is 0 Å². The van der Waals surface area contributed by atoms with E-state index in [9.17, 15) is 0 Å². The molecule has 0 heterocycles. The molecule has 0 aliphatic carbocycles. The van der Waals surface area contributed by atoms with Gasteiger partial charge in [0, 0.05) is 0 Å². The van der Waals surface area contributed by atoms with Gasteiger partial charge in [-0.1, -0.05) is 48.0 Å². The van der Waals surface area contributed by atoms with Crippen molar-refractivity contribution in [2.45, 2.75) is 54.4 Å². The first kappa shape index (κ1) is 21.2. The molecular weight excluding hydrogens is 196 g/mol. The van der Waals surface area contributed by atoms with Gasteiger partial charge in [-0.2, -0.15) is 0 Å². The van der Waals surface area contributed by atoms with Crippen LogP contribution in [-0.4, -0.2) is 38.6 Å². The van der Waals surface area contributed by atoms with E-state index in [1.165, 1.54) is 19.4 Å². The van der Waals surface area contributed by atoms with Crippen LogP contribution in [0, 0.1) is 5.92 Å². The molecule has 16 heavy (non-hydrogen) atoms. The average molecular weight is 232 g/mol. The minimum absolute atomic E-state index is 0.896. The van der Waals surface area contributed by atoms with Crippen LogP contribution in [-0.2, 0) is 0 Å². The van der Waals surface area contributed by atoms with Gasteiger partial charge in [0.25, 0.3) is 0 Å². The summed E-state index contributed by atoms with van der Waals surface area (Å²) in [6.07, 6.45) is 2.65. The fraction of sp³-hybridized carbons (Fsp3) is 1.00. The standard InChI is InChI=1S/C8H19N.C4H11N.C2H6/c1-5-8(2)6-7-9(3)4;1-3-5-4-2;1-2/h8H,5-7H2,1-4H3;5H,3-4H2,1-2H3;1-2H3. The maximum Gasteiger partial charge on any atom is -0.00223 e. The lowest BCUT2D eigenvalue weighted by Crippen LogP contribution is -2.15. The van der Waals surface area contributed by atoms with E-state index in [0.29, 0.717) is 0 Å². The van der Waals surface area contributed by atoms with Gasteiger partial charge in [-0.05, 0) is 46.1 Å². The highest BCUT2D eigenvalue weighted by atomic mass is 15.0. The second kappa shape index (κ2) is 20.3. The first-order valence-corrected chi connectivity index (χ1v) is 6.93. The highest BCUT2D eigenvalue weighted by Gasteiger charge is 1.97. The van der Waals surface area contributed by atoms with Gasteiger partial charge in [0.2, 0.25) is 0 Å². The maximum absolute atomic E-state index is 3.11. The Kier molecular flexibility index (Phi) is 27.0. The molecule has 1 atom stereocenters. The van der Waals surface area contributed by atoms with Crippen molar-refractivity contribution in [1.82, 2.24) is 10.2 Å². The molecule has 2 nitrogen and oxygen atoms in total. The van der Waals surface area contributed by atoms with Crippen LogP contribution in [0.15, 0.2) is 0 Å². The van der Waals surface area contributed by atoms with Crippen LogP contribution < -0.4 is 5.32 Å². The summed E-state index contributed by atoms with van der Waals surface area (Å²) in [5.74, 6) is 0.896. The van der Waals surface area contributed by atoms with Gasteiger partial charge >= 0.3 is 0 Å². The number of nitrogens with zero attached hydrogens (tertiary/aromatic N) is 1. The third-order valence-electron chi connectivity index (χ3n) is 2.27. The van der Waals surface area contributed by atoms with Gasteiger partial charge in [0.15, 0.2) is 0 Å². The lowest BCUT2D eigenvalue weighted by atomic mass is 10.1. The zero-order chi connectivity index (χ0) is 13.4. The minimum Gasteiger partial charge on any atom is -0.317 e. The van der Waals surface area contributed by atoms with Crippen molar-refractivity contribution in [3.05, 3.63) is 0 Å². The van der Waals surface area contributed by atoms with E-state index >= 15 is 0 Å². The van der Waals surface area contributed by atoms with Crippen LogP contribution in [0.5, 0.6) is 0 Å². The molecule has 0 spiro atoms. The molecule has 0 aliphatic heterocycles. The summed E-state index contributed by atoms with van der Waals surface area (Å²) in [7, 11) is 4.25. The summed E-state index contributed by atoms with van der Waals surface area (Å²) >= 11 is 0. The van der Waals surface area contributed by atoms with Crippen molar-refractivity contribution in [1.29, 1.82) is 0 Å². The van der Waals surface area contributed by atoms with Gasteiger partial charge in [-0.15, -0.1) is 0 Å². The van der Waals surface area contributed by atoms with Crippen LogP contribution >= 0.6 is 0 Å². The largest absolute Gasteiger partial charge is 0.317 e. The van der Waals surface area contributed by atoms with Crippen LogP contribution in [0.3, 0.4) is 0 Å². The van der Waals surface area contributed by atoms with Gasteiger partial charge in [0.1, 0.15) is 0 Å². The highest BCUT2D eigenvalue weighted by molar-refractivity contribution is 4.51. The van der Waals surface area contributed by atoms with Crippen molar-refractivity contribution in [2.75, 3.05) is 33.7 Å². The second-order valence-corrected chi connectivity index (χ2v) is 4.06. The Bertz CT molecular complexity index is 90.7. The van der Waals surface area contributed by atoms with Gasteiger partial charge < -0.3 is 10.2 Å². The Morgan fingerprint density at radius 2 is 1.44 bits per heavy atom. The SMILES string of the molecule is CC.CCC(C)CCN(C)C.CCNCC. The van der Waals surface area contributed by atoms with Crippen molar-refractivity contribution in [3.63, 3.8) is 0 Å². The Labute approximate surface area is 105 Å². The van der Waals surface area contributed by atoms with Crippen molar-refractivity contribution >= 4 is 0 Å². The van der Waals surface area contributed by atoms with Gasteiger partial charge in [0.05, 0.1) is 0 Å². The third kappa shape index (κ3) is 29.2. The third-order valence-corrected chi connectivity index (χ3v) is 2.27. The molecule has 0 amide bonds. The number of hydrogen-bond acceptors (Lipinski definition) is 2. The summed E-state index contributed by atoms with van der Waals surface area (Å²) in [4.78, 5) is 2.24. The molecule has 0 aromatic heterocycles. The highest BCUT2D eigenvalue weighted by Crippen LogP contribution is 2.05. The van der Waals surface area contributed by atoms with Crippen molar-refractivity contribution < 1.29 is 0 Å². The maximum atomic E-state index is 3.11. The van der Waals surface area contributed by atoms with Crippen LogP contribution in [0.1, 0.15) is 54.4 Å². The topological polar surface area (TPSA) is 15.3 Å². The second-order valence-electron chi connectivity index (χ2n) is 4.06. The zero-order valence-corrected chi connectivity index (χ0v) is 13.1. The van der Waals surface area contributed by atoms with E-state index in [2.05, 4.69) is 52.0 Å². The van der Waals surface area contributed by atoms with E-state index in [-0.39, 0.29) is 0 Å². The molecule has 0 bridgehead atoms. The molecule has 102 valence electrons. The van der Waals surface area contributed by atoms with Crippen LogP contribution in [0.25, 0.3) is 0 Å². The molecule has 1 unspecified atom stereocenters. The first-order valence-electron chi connectivity index (χ1n) is 6.93. The molecule has 0 radical (unpaired) electrons. The predicted molar refractivity (Wildman–Crippen MR) is 78.2 cm³/mol. The van der Waals surface area contributed by atoms with Crippen molar-refractivity contribution in [3.8, 4) is 0 Å². The minimum atomic E-state index is 0.896. The van der Waals surface area contributed by atoms with Crippen LogP contribution in [0.2, 0.25) is 0 Å². The molecular formula is C14H36N2. The number of hydrogen-bond donors (Lipinski definition) is 1. The molecule has 0 rings (SSSR count). The predicted octanol–water partition coefficient (Wildman–Crippen LogP) is 3.63. The van der Waals surface area contributed by atoms with E-state index in [4.69, 9.17) is 0 Å². The average Bonchev–Trinajstić information content (AvgIpc) is 2.30. The van der Waals surface area contributed by atoms with E-state index in [1.54, 1.807) is 0 Å². The molecule has 0 saturated heterocycles. The molecule has 0 saturated carbocycles. The molecule has 2 heteroatoms. The number of rotatable bonds is 6. The fourth-order valence-electron chi connectivity index (χ4n) is 0.933. The Balaban J connectivity index is -0.000000205. The summed E-state index contributed by atoms with van der Waals surface area (Å²) in [5.41, 5.74) is 0. The van der Waals surface area contributed by atoms with E-state index < -0.39 is 0 Å². The van der Waals surface area contributed by atoms with E-state index in [1.807, 2.05) is 13.8 Å². The molecule has 0 fully saturated rings. The monoisotopic (exact) mass is 232 g/mol. The fourth-order valence-corrected chi connectivity index (χ4v) is 0.933. The summed E-state index contributed by atoms with van der Waals surface area (Å²) in [6.45, 7) is 16.2. The van der Waals surface area contributed by atoms with E-state index in [0.717, 1.165) is 19.0 Å². The summed E-state index contributed by atoms with van der Waals surface area (Å²) in [6, 6.07) is 0. The lowest BCUT2D eigenvalue weighted by Gasteiger charge is -2.12. The summed E-state index contributed by atoms with van der Waals surface area (Å²) in [5, 5.41) is 3.11. The molecule has 0 aromatic carbocycles. The Morgan fingerprint density at radius 1 is 1.00 bits per heavy atom. The summed E-state index contributed by atoms with van der Waals surface area (Å²) < 4.78 is 0. The quantitative estimate of drug-likeness (QED) is 0.752. The Hall–Kier alpha value is -0.0800. The molecule has 0 aliphatic rings.